The second kappa shape index (κ2) is 7.40. The van der Waals surface area contributed by atoms with Gasteiger partial charge in [0.25, 0.3) is 0 Å². The summed E-state index contributed by atoms with van der Waals surface area (Å²) in [5.74, 6) is 0. The average molecular weight is 333 g/mol. The molecule has 2 aromatic rings. The Morgan fingerprint density at radius 1 is 1.16 bits per heavy atom. The van der Waals surface area contributed by atoms with E-state index in [1.54, 1.807) is 4.90 Å². The van der Waals surface area contributed by atoms with Gasteiger partial charge in [-0.2, -0.15) is 5.26 Å². The first-order valence-corrected chi connectivity index (χ1v) is 8.78. The number of hydrogen-bond donors (Lipinski definition) is 1. The third-order valence-corrected chi connectivity index (χ3v) is 5.03. The summed E-state index contributed by atoms with van der Waals surface area (Å²) in [6, 6.07) is 20.2. The van der Waals surface area contributed by atoms with Crippen LogP contribution in [0.15, 0.2) is 54.6 Å². The molecule has 0 bridgehead atoms. The van der Waals surface area contributed by atoms with Crippen LogP contribution in [0.5, 0.6) is 0 Å². The molecule has 1 fully saturated rings. The first-order valence-electron chi connectivity index (χ1n) is 8.78. The zero-order valence-corrected chi connectivity index (χ0v) is 14.5. The molecule has 0 saturated carbocycles. The molecule has 25 heavy (non-hydrogen) atoms. The zero-order valence-electron chi connectivity index (χ0n) is 14.5. The first kappa shape index (κ1) is 17.0. The highest BCUT2D eigenvalue weighted by molar-refractivity contribution is 5.89. The first-order chi connectivity index (χ1) is 12.2. The Hall–Kier alpha value is -2.80. The van der Waals surface area contributed by atoms with Gasteiger partial charge in [0.15, 0.2) is 0 Å². The van der Waals surface area contributed by atoms with Crippen molar-refractivity contribution in [2.45, 2.75) is 31.6 Å². The largest absolute Gasteiger partial charge is 0.324 e. The van der Waals surface area contributed by atoms with Gasteiger partial charge in [-0.05, 0) is 42.5 Å². The number of amides is 2. The number of carbonyl (C=O) groups excluding carboxylic acids is 1. The average Bonchev–Trinajstić information content (AvgIpc) is 2.69. The maximum absolute atomic E-state index is 12.5. The highest BCUT2D eigenvalue weighted by Crippen LogP contribution is 2.35. The van der Waals surface area contributed by atoms with Gasteiger partial charge in [-0.15, -0.1) is 0 Å². The van der Waals surface area contributed by atoms with E-state index in [9.17, 15) is 10.1 Å². The van der Waals surface area contributed by atoms with E-state index < -0.39 is 5.41 Å². The monoisotopic (exact) mass is 333 g/mol. The molecule has 1 saturated heterocycles. The smallest absolute Gasteiger partial charge is 0.321 e. The molecule has 1 aliphatic rings. The molecule has 4 nitrogen and oxygen atoms in total. The van der Waals surface area contributed by atoms with Crippen LogP contribution >= 0.6 is 0 Å². The number of urea groups is 1. The number of anilines is 1. The lowest BCUT2D eigenvalue weighted by atomic mass is 9.74. The van der Waals surface area contributed by atoms with Gasteiger partial charge in [0.1, 0.15) is 0 Å². The Balaban J connectivity index is 1.65. The number of nitrogens with one attached hydrogen (secondary N) is 1. The molecule has 128 valence electrons. The second-order valence-electron chi connectivity index (χ2n) is 6.53. The van der Waals surface area contributed by atoms with E-state index >= 15 is 0 Å². The van der Waals surface area contributed by atoms with Gasteiger partial charge < -0.3 is 10.2 Å². The number of aryl methyl sites for hydroxylation is 1. The molecule has 2 amide bonds. The van der Waals surface area contributed by atoms with Crippen LogP contribution in [0.4, 0.5) is 10.5 Å². The molecule has 0 spiro atoms. The van der Waals surface area contributed by atoms with Crippen LogP contribution in [0, 0.1) is 11.3 Å². The van der Waals surface area contributed by atoms with E-state index in [0.717, 1.165) is 17.7 Å². The molecule has 0 aromatic heterocycles. The maximum Gasteiger partial charge on any atom is 0.321 e. The Labute approximate surface area is 149 Å². The number of rotatable bonds is 3. The van der Waals surface area contributed by atoms with Gasteiger partial charge in [-0.1, -0.05) is 49.4 Å². The maximum atomic E-state index is 12.5. The van der Waals surface area contributed by atoms with Crippen LogP contribution in [-0.2, 0) is 11.8 Å². The Bertz CT molecular complexity index is 771. The number of benzene rings is 2. The summed E-state index contributed by atoms with van der Waals surface area (Å²) in [5.41, 5.74) is 2.59. The van der Waals surface area contributed by atoms with Crippen molar-refractivity contribution in [2.75, 3.05) is 18.4 Å². The standard InChI is InChI=1S/C21H23N3O/c1-2-17-7-6-10-19(15-17)23-20(25)24-13-11-21(16-22,12-14-24)18-8-4-3-5-9-18/h3-10,15H,2,11-14H2,1H3,(H,23,25). The van der Waals surface area contributed by atoms with Crippen LogP contribution in [-0.4, -0.2) is 24.0 Å². The minimum absolute atomic E-state index is 0.0899. The highest BCUT2D eigenvalue weighted by atomic mass is 16.2. The summed E-state index contributed by atoms with van der Waals surface area (Å²) in [7, 11) is 0. The molecule has 3 rings (SSSR count). The van der Waals surface area contributed by atoms with Crippen molar-refractivity contribution in [2.24, 2.45) is 0 Å². The van der Waals surface area contributed by atoms with E-state index in [4.69, 9.17) is 0 Å². The van der Waals surface area contributed by atoms with Crippen LogP contribution < -0.4 is 5.32 Å². The van der Waals surface area contributed by atoms with Gasteiger partial charge in [-0.3, -0.25) is 0 Å². The number of nitriles is 1. The zero-order chi connectivity index (χ0) is 17.7. The predicted molar refractivity (Wildman–Crippen MR) is 99.4 cm³/mol. The summed E-state index contributed by atoms with van der Waals surface area (Å²) in [6.07, 6.45) is 2.26. The lowest BCUT2D eigenvalue weighted by Gasteiger charge is -2.37. The highest BCUT2D eigenvalue weighted by Gasteiger charge is 2.37. The molecule has 0 unspecified atom stereocenters. The molecule has 1 aliphatic heterocycles. The Kier molecular flexibility index (Phi) is 5.04. The van der Waals surface area contributed by atoms with Crippen molar-refractivity contribution >= 4 is 11.7 Å². The van der Waals surface area contributed by atoms with Crippen LogP contribution in [0.3, 0.4) is 0 Å². The second-order valence-corrected chi connectivity index (χ2v) is 6.53. The summed E-state index contributed by atoms with van der Waals surface area (Å²) in [5, 5.41) is 12.7. The summed E-state index contributed by atoms with van der Waals surface area (Å²) >= 11 is 0. The minimum atomic E-state index is -0.486. The van der Waals surface area contributed by atoms with Gasteiger partial charge in [0.05, 0.1) is 11.5 Å². The summed E-state index contributed by atoms with van der Waals surface area (Å²) in [4.78, 5) is 14.3. The van der Waals surface area contributed by atoms with Crippen molar-refractivity contribution in [3.8, 4) is 6.07 Å². The van der Waals surface area contributed by atoms with Gasteiger partial charge >= 0.3 is 6.03 Å². The molecule has 4 heteroatoms. The van der Waals surface area contributed by atoms with Crippen LogP contribution in [0.1, 0.15) is 30.9 Å². The van der Waals surface area contributed by atoms with Crippen molar-refractivity contribution < 1.29 is 4.79 Å². The fourth-order valence-corrected chi connectivity index (χ4v) is 3.39. The Morgan fingerprint density at radius 3 is 2.52 bits per heavy atom. The topological polar surface area (TPSA) is 56.1 Å². The van der Waals surface area contributed by atoms with Crippen molar-refractivity contribution in [3.05, 3.63) is 65.7 Å². The van der Waals surface area contributed by atoms with E-state index in [1.807, 2.05) is 48.5 Å². The molecule has 1 N–H and O–H groups in total. The quantitative estimate of drug-likeness (QED) is 0.908. The molecule has 0 radical (unpaired) electrons. The summed E-state index contributed by atoms with van der Waals surface area (Å²) < 4.78 is 0. The molecular formula is C21H23N3O. The number of hydrogen-bond acceptors (Lipinski definition) is 2. The lowest BCUT2D eigenvalue weighted by Crippen LogP contribution is -2.46. The van der Waals surface area contributed by atoms with Gasteiger partial charge in [0.2, 0.25) is 0 Å². The van der Waals surface area contributed by atoms with E-state index in [0.29, 0.717) is 25.9 Å². The van der Waals surface area contributed by atoms with E-state index in [-0.39, 0.29) is 6.03 Å². The Morgan fingerprint density at radius 2 is 1.88 bits per heavy atom. The summed E-state index contributed by atoms with van der Waals surface area (Å²) in [6.45, 7) is 3.26. The van der Waals surface area contributed by atoms with Crippen molar-refractivity contribution in [1.82, 2.24) is 4.90 Å². The fourth-order valence-electron chi connectivity index (χ4n) is 3.39. The van der Waals surface area contributed by atoms with Crippen molar-refractivity contribution in [3.63, 3.8) is 0 Å². The third kappa shape index (κ3) is 3.66. The predicted octanol–water partition coefficient (Wildman–Crippen LogP) is 4.34. The van der Waals surface area contributed by atoms with Gasteiger partial charge in [-0.25, -0.2) is 4.79 Å². The van der Waals surface area contributed by atoms with Crippen LogP contribution in [0.25, 0.3) is 0 Å². The molecule has 1 heterocycles. The van der Waals surface area contributed by atoms with E-state index in [2.05, 4.69) is 24.4 Å². The number of carbonyl (C=O) groups is 1. The fraction of sp³-hybridized carbons (Fsp3) is 0.333. The normalized spacial score (nSPS) is 16.1. The molecule has 0 atom stereocenters. The number of piperidine rings is 1. The molecular weight excluding hydrogens is 310 g/mol. The SMILES string of the molecule is CCc1cccc(NC(=O)N2CCC(C#N)(c3ccccc3)CC2)c1. The minimum Gasteiger partial charge on any atom is -0.324 e. The van der Waals surface area contributed by atoms with Crippen molar-refractivity contribution in [1.29, 1.82) is 5.26 Å². The van der Waals surface area contributed by atoms with Crippen LogP contribution in [0.2, 0.25) is 0 Å². The number of nitrogens with zero attached hydrogens (tertiary/aromatic N) is 2. The molecule has 2 aromatic carbocycles. The molecule has 0 aliphatic carbocycles. The number of likely N-dealkylation sites (tertiary alicyclic amines) is 1. The van der Waals surface area contributed by atoms with E-state index in [1.165, 1.54) is 5.56 Å². The lowest BCUT2D eigenvalue weighted by molar-refractivity contribution is 0.183. The van der Waals surface area contributed by atoms with Gasteiger partial charge in [0, 0.05) is 18.8 Å². The third-order valence-electron chi connectivity index (χ3n) is 5.03.